The summed E-state index contributed by atoms with van der Waals surface area (Å²) in [5, 5.41) is 8.92. The summed E-state index contributed by atoms with van der Waals surface area (Å²) >= 11 is 0. The monoisotopic (exact) mass is 228 g/mol. The van der Waals surface area contributed by atoms with Gasteiger partial charge in [0, 0.05) is 6.20 Å². The summed E-state index contributed by atoms with van der Waals surface area (Å²) in [5.41, 5.74) is 1.30. The number of hydrogen-bond acceptors (Lipinski definition) is 3. The molecule has 0 bridgehead atoms. The van der Waals surface area contributed by atoms with Crippen molar-refractivity contribution in [2.24, 2.45) is 0 Å². The molecule has 15 heavy (non-hydrogen) atoms. The first-order valence-electron chi connectivity index (χ1n) is 3.57. The number of halogens is 5. The van der Waals surface area contributed by atoms with Crippen LogP contribution in [0.1, 0.15) is 17.7 Å². The first kappa shape index (κ1) is 11.5. The Balaban J connectivity index is 3.34. The number of nitrogens with two attached hydrogens (primary N) is 1. The van der Waals surface area contributed by atoms with Gasteiger partial charge in [0.2, 0.25) is 0 Å². The van der Waals surface area contributed by atoms with Crippen molar-refractivity contribution in [3.63, 3.8) is 0 Å². The molecule has 0 aliphatic heterocycles. The van der Waals surface area contributed by atoms with E-state index in [4.69, 9.17) is 10.8 Å². The molecule has 0 unspecified atom stereocenters. The molecule has 1 heterocycles. The van der Waals surface area contributed by atoms with Crippen molar-refractivity contribution in [3.05, 3.63) is 17.5 Å². The molecule has 3 nitrogen and oxygen atoms in total. The third-order valence-electron chi connectivity index (χ3n) is 1.63. The number of alkyl halides is 5. The summed E-state index contributed by atoms with van der Waals surface area (Å²) in [7, 11) is 0. The molecule has 0 fully saturated rings. The quantitative estimate of drug-likeness (QED) is 0.725. The van der Waals surface area contributed by atoms with Crippen molar-refractivity contribution in [1.29, 1.82) is 0 Å². The third kappa shape index (κ3) is 2.08. The lowest BCUT2D eigenvalue weighted by Crippen LogP contribution is -2.11. The van der Waals surface area contributed by atoms with E-state index in [0.29, 0.717) is 6.20 Å². The molecule has 0 aliphatic rings. The van der Waals surface area contributed by atoms with E-state index in [1.807, 2.05) is 0 Å². The van der Waals surface area contributed by atoms with E-state index < -0.39 is 35.3 Å². The first-order valence-corrected chi connectivity index (χ1v) is 3.57. The van der Waals surface area contributed by atoms with Crippen molar-refractivity contribution in [1.82, 2.24) is 4.98 Å². The largest absolute Gasteiger partial charge is 0.504 e. The van der Waals surface area contributed by atoms with Crippen LogP contribution in [0.2, 0.25) is 0 Å². The van der Waals surface area contributed by atoms with E-state index in [1.54, 1.807) is 0 Å². The van der Waals surface area contributed by atoms with Gasteiger partial charge >= 0.3 is 6.18 Å². The molecule has 0 spiro atoms. The SMILES string of the molecule is Nc1c(C(F)F)cnc(C(F)(F)F)c1O. The predicted octanol–water partition coefficient (Wildman–Crippen LogP) is 2.33. The highest BCUT2D eigenvalue weighted by Gasteiger charge is 2.37. The molecule has 8 heteroatoms. The van der Waals surface area contributed by atoms with Crippen molar-refractivity contribution in [3.8, 4) is 5.75 Å². The van der Waals surface area contributed by atoms with Crippen LogP contribution in [0.4, 0.5) is 27.6 Å². The van der Waals surface area contributed by atoms with Gasteiger partial charge in [-0.2, -0.15) is 13.2 Å². The summed E-state index contributed by atoms with van der Waals surface area (Å²) in [5.74, 6) is -1.47. The minimum Gasteiger partial charge on any atom is -0.504 e. The second kappa shape index (κ2) is 3.52. The standard InChI is InChI=1S/C7H5F5N2O/c8-6(9)2-1-14-5(7(10,11)12)4(15)3(2)13/h1,6,15H,(H2,13,14). The van der Waals surface area contributed by atoms with Gasteiger partial charge in [0.05, 0.1) is 11.3 Å². The van der Waals surface area contributed by atoms with E-state index in [-0.39, 0.29) is 0 Å². The maximum Gasteiger partial charge on any atom is 0.437 e. The lowest BCUT2D eigenvalue weighted by molar-refractivity contribution is -0.142. The number of hydrogen-bond donors (Lipinski definition) is 2. The highest BCUT2D eigenvalue weighted by atomic mass is 19.4. The molecular formula is C7H5F5N2O. The van der Waals surface area contributed by atoms with Crippen LogP contribution in [0.3, 0.4) is 0 Å². The normalized spacial score (nSPS) is 12.1. The Morgan fingerprint density at radius 1 is 1.33 bits per heavy atom. The summed E-state index contributed by atoms with van der Waals surface area (Å²) in [6, 6.07) is 0. The Morgan fingerprint density at radius 2 is 1.87 bits per heavy atom. The topological polar surface area (TPSA) is 59.1 Å². The fourth-order valence-corrected chi connectivity index (χ4v) is 0.910. The van der Waals surface area contributed by atoms with Gasteiger partial charge in [-0.05, 0) is 0 Å². The molecule has 0 amide bonds. The van der Waals surface area contributed by atoms with Gasteiger partial charge in [-0.3, -0.25) is 0 Å². The molecular weight excluding hydrogens is 223 g/mol. The van der Waals surface area contributed by atoms with E-state index in [2.05, 4.69) is 4.98 Å². The number of aromatic nitrogens is 1. The van der Waals surface area contributed by atoms with E-state index in [9.17, 15) is 22.0 Å². The Labute approximate surface area is 80.3 Å². The maximum absolute atomic E-state index is 12.1. The Morgan fingerprint density at radius 3 is 2.27 bits per heavy atom. The van der Waals surface area contributed by atoms with Crippen molar-refractivity contribution >= 4 is 5.69 Å². The van der Waals surface area contributed by atoms with Crippen LogP contribution in [-0.4, -0.2) is 10.1 Å². The summed E-state index contributed by atoms with van der Waals surface area (Å²) in [6.45, 7) is 0. The molecule has 1 aromatic heterocycles. The highest BCUT2D eigenvalue weighted by Crippen LogP contribution is 2.40. The summed E-state index contributed by atoms with van der Waals surface area (Å²) in [4.78, 5) is 2.70. The fourth-order valence-electron chi connectivity index (χ4n) is 0.910. The molecule has 84 valence electrons. The number of aromatic hydroxyl groups is 1. The van der Waals surface area contributed by atoms with E-state index in [1.165, 1.54) is 0 Å². The smallest absolute Gasteiger partial charge is 0.437 e. The molecule has 0 aliphatic carbocycles. The molecule has 0 saturated heterocycles. The van der Waals surface area contributed by atoms with Crippen LogP contribution in [0, 0.1) is 0 Å². The van der Waals surface area contributed by atoms with Crippen LogP contribution in [-0.2, 0) is 6.18 Å². The van der Waals surface area contributed by atoms with Gasteiger partial charge in [0.1, 0.15) is 0 Å². The number of nitrogen functional groups attached to an aromatic ring is 1. The Kier molecular flexibility index (Phi) is 2.69. The van der Waals surface area contributed by atoms with Gasteiger partial charge in [-0.15, -0.1) is 0 Å². The number of anilines is 1. The maximum atomic E-state index is 12.1. The van der Waals surface area contributed by atoms with Gasteiger partial charge < -0.3 is 10.8 Å². The number of pyridine rings is 1. The van der Waals surface area contributed by atoms with Crippen LogP contribution in [0.15, 0.2) is 6.20 Å². The van der Waals surface area contributed by atoms with Gasteiger partial charge in [0.15, 0.2) is 11.4 Å². The average molecular weight is 228 g/mol. The zero-order valence-corrected chi connectivity index (χ0v) is 7.02. The zero-order chi connectivity index (χ0) is 11.8. The lowest BCUT2D eigenvalue weighted by Gasteiger charge is -2.11. The van der Waals surface area contributed by atoms with Crippen molar-refractivity contribution in [2.45, 2.75) is 12.6 Å². The van der Waals surface area contributed by atoms with Gasteiger partial charge in [-0.25, -0.2) is 13.8 Å². The minimum absolute atomic E-state index is 0.294. The van der Waals surface area contributed by atoms with Crippen LogP contribution in [0.25, 0.3) is 0 Å². The van der Waals surface area contributed by atoms with Gasteiger partial charge in [0.25, 0.3) is 6.43 Å². The minimum atomic E-state index is -4.93. The summed E-state index contributed by atoms with van der Waals surface area (Å²) in [6.07, 6.45) is -7.73. The lowest BCUT2D eigenvalue weighted by atomic mass is 10.2. The number of nitrogens with zero attached hydrogens (tertiary/aromatic N) is 1. The second-order valence-corrected chi connectivity index (χ2v) is 2.62. The van der Waals surface area contributed by atoms with Crippen molar-refractivity contribution in [2.75, 3.05) is 5.73 Å². The van der Waals surface area contributed by atoms with Crippen LogP contribution in [0.5, 0.6) is 5.75 Å². The van der Waals surface area contributed by atoms with Gasteiger partial charge in [-0.1, -0.05) is 0 Å². The zero-order valence-electron chi connectivity index (χ0n) is 7.02. The molecule has 3 N–H and O–H groups in total. The molecule has 0 aromatic carbocycles. The highest BCUT2D eigenvalue weighted by molar-refractivity contribution is 5.59. The van der Waals surface area contributed by atoms with E-state index >= 15 is 0 Å². The van der Waals surface area contributed by atoms with Crippen LogP contribution >= 0.6 is 0 Å². The Bertz CT molecular complexity index is 376. The molecule has 1 rings (SSSR count). The number of rotatable bonds is 1. The summed E-state index contributed by atoms with van der Waals surface area (Å²) < 4.78 is 60.5. The van der Waals surface area contributed by atoms with Crippen LogP contribution < -0.4 is 5.73 Å². The fraction of sp³-hybridized carbons (Fsp3) is 0.286. The third-order valence-corrected chi connectivity index (χ3v) is 1.63. The molecule has 0 atom stereocenters. The average Bonchev–Trinajstić information content (AvgIpc) is 2.06. The molecule has 1 aromatic rings. The second-order valence-electron chi connectivity index (χ2n) is 2.62. The molecule has 0 saturated carbocycles. The predicted molar refractivity (Wildman–Crippen MR) is 40.3 cm³/mol. The van der Waals surface area contributed by atoms with E-state index in [0.717, 1.165) is 0 Å². The molecule has 0 radical (unpaired) electrons. The Hall–Kier alpha value is -1.60. The van der Waals surface area contributed by atoms with Crippen molar-refractivity contribution < 1.29 is 27.1 Å². The first-order chi connectivity index (χ1) is 6.75.